The number of aromatic amines is 1. The monoisotopic (exact) mass is 340 g/mol. The third-order valence-electron chi connectivity index (χ3n) is 6.27. The summed E-state index contributed by atoms with van der Waals surface area (Å²) in [5.74, 6) is 2.17. The largest absolute Gasteiger partial charge is 0.378 e. The van der Waals surface area contributed by atoms with Crippen molar-refractivity contribution in [2.75, 3.05) is 20.3 Å². The van der Waals surface area contributed by atoms with Crippen LogP contribution in [0.4, 0.5) is 0 Å². The summed E-state index contributed by atoms with van der Waals surface area (Å²) >= 11 is 0. The molecule has 0 unspecified atom stereocenters. The van der Waals surface area contributed by atoms with Gasteiger partial charge in [-0.2, -0.15) is 0 Å². The Kier molecular flexibility index (Phi) is 3.53. The molecule has 1 saturated carbocycles. The Bertz CT molecular complexity index is 897. The van der Waals surface area contributed by atoms with Crippen molar-refractivity contribution < 1.29 is 4.74 Å². The smallest absolute Gasteiger partial charge is 0.179 e. The molecule has 0 bridgehead atoms. The Labute approximate surface area is 146 Å². The third kappa shape index (κ3) is 2.29. The molecule has 3 aromatic rings. The highest BCUT2D eigenvalue weighted by atomic mass is 16.5. The maximum Gasteiger partial charge on any atom is 0.179 e. The van der Waals surface area contributed by atoms with Crippen LogP contribution >= 0.6 is 0 Å². The van der Waals surface area contributed by atoms with E-state index in [9.17, 15) is 0 Å². The number of nitrogens with zero attached hydrogens (tertiary/aromatic N) is 5. The first-order valence-corrected chi connectivity index (χ1v) is 9.23. The van der Waals surface area contributed by atoms with Crippen molar-refractivity contribution in [2.45, 2.75) is 44.2 Å². The molecule has 1 N–H and O–H groups in total. The van der Waals surface area contributed by atoms with Crippen LogP contribution < -0.4 is 0 Å². The summed E-state index contributed by atoms with van der Waals surface area (Å²) in [5.41, 5.74) is 2.79. The van der Waals surface area contributed by atoms with Gasteiger partial charge in [-0.3, -0.25) is 9.30 Å². The van der Waals surface area contributed by atoms with E-state index in [1.54, 1.807) is 6.20 Å². The molecule has 1 aliphatic carbocycles. The van der Waals surface area contributed by atoms with Crippen LogP contribution in [0.3, 0.4) is 0 Å². The summed E-state index contributed by atoms with van der Waals surface area (Å²) in [7, 11) is 2.25. The fourth-order valence-corrected chi connectivity index (χ4v) is 4.59. The summed E-state index contributed by atoms with van der Waals surface area (Å²) < 4.78 is 7.58. The molecule has 25 heavy (non-hydrogen) atoms. The normalized spacial score (nSPS) is 27.6. The second-order valence-corrected chi connectivity index (χ2v) is 7.48. The van der Waals surface area contributed by atoms with Gasteiger partial charge >= 0.3 is 0 Å². The summed E-state index contributed by atoms with van der Waals surface area (Å²) in [6.45, 7) is 4.04. The molecule has 1 saturated heterocycles. The van der Waals surface area contributed by atoms with Gasteiger partial charge in [-0.25, -0.2) is 4.98 Å². The van der Waals surface area contributed by atoms with Gasteiger partial charge < -0.3 is 9.72 Å². The lowest BCUT2D eigenvalue weighted by Gasteiger charge is -2.38. The zero-order valence-corrected chi connectivity index (χ0v) is 14.7. The van der Waals surface area contributed by atoms with E-state index in [-0.39, 0.29) is 0 Å². The summed E-state index contributed by atoms with van der Waals surface area (Å²) in [5, 5.41) is 8.99. The van der Waals surface area contributed by atoms with Crippen molar-refractivity contribution >= 4 is 16.8 Å². The van der Waals surface area contributed by atoms with Gasteiger partial charge in [-0.1, -0.05) is 13.3 Å². The predicted molar refractivity (Wildman–Crippen MR) is 94.6 cm³/mol. The highest BCUT2D eigenvalue weighted by molar-refractivity contribution is 5.74. The van der Waals surface area contributed by atoms with Crippen molar-refractivity contribution in [3.05, 3.63) is 24.3 Å². The topological polar surface area (TPSA) is 71.3 Å². The second kappa shape index (κ2) is 5.78. The number of ether oxygens (including phenoxy) is 1. The van der Waals surface area contributed by atoms with Gasteiger partial charge in [0.1, 0.15) is 5.82 Å². The quantitative estimate of drug-likeness (QED) is 0.788. The van der Waals surface area contributed by atoms with Crippen LogP contribution in [0.25, 0.3) is 16.8 Å². The molecule has 4 heterocycles. The molecule has 5 rings (SSSR count). The molecule has 0 amide bonds. The number of nitrogens with one attached hydrogen (secondary N) is 1. The van der Waals surface area contributed by atoms with E-state index in [2.05, 4.69) is 49.5 Å². The Morgan fingerprint density at radius 1 is 1.28 bits per heavy atom. The lowest BCUT2D eigenvalue weighted by molar-refractivity contribution is -0.0690. The molecule has 0 radical (unpaired) electrons. The average molecular weight is 340 g/mol. The Balaban J connectivity index is 1.53. The molecular weight excluding hydrogens is 316 g/mol. The second-order valence-electron chi connectivity index (χ2n) is 7.48. The van der Waals surface area contributed by atoms with Gasteiger partial charge in [-0.05, 0) is 31.9 Å². The molecular formula is C18H24N6O. The first-order chi connectivity index (χ1) is 12.3. The SMILES string of the molecule is CC[C@@H]1C[C@H](N(C)C2COC2)C[C@@H]1c1nnc2cnc3[nH]ccc3n12. The minimum atomic E-state index is 0.439. The van der Waals surface area contributed by atoms with Gasteiger partial charge in [0, 0.05) is 18.2 Å². The molecule has 0 spiro atoms. The summed E-state index contributed by atoms with van der Waals surface area (Å²) in [4.78, 5) is 10.2. The molecule has 2 aliphatic rings. The minimum absolute atomic E-state index is 0.439. The lowest BCUT2D eigenvalue weighted by atomic mass is 9.93. The van der Waals surface area contributed by atoms with Crippen molar-refractivity contribution in [3.63, 3.8) is 0 Å². The summed E-state index contributed by atoms with van der Waals surface area (Å²) in [6, 6.07) is 3.24. The molecule has 3 atom stereocenters. The number of H-pyrrole nitrogens is 1. The van der Waals surface area contributed by atoms with Gasteiger partial charge in [0.05, 0.1) is 31.0 Å². The van der Waals surface area contributed by atoms with Crippen molar-refractivity contribution in [3.8, 4) is 0 Å². The summed E-state index contributed by atoms with van der Waals surface area (Å²) in [6.07, 6.45) is 7.28. The van der Waals surface area contributed by atoms with E-state index in [1.807, 2.05) is 6.20 Å². The highest BCUT2D eigenvalue weighted by Crippen LogP contribution is 2.43. The zero-order valence-electron chi connectivity index (χ0n) is 14.7. The van der Waals surface area contributed by atoms with Crippen LogP contribution in [-0.2, 0) is 4.74 Å². The molecule has 3 aromatic heterocycles. The van der Waals surface area contributed by atoms with E-state index >= 15 is 0 Å². The molecule has 2 fully saturated rings. The third-order valence-corrected chi connectivity index (χ3v) is 6.27. The van der Waals surface area contributed by atoms with Crippen molar-refractivity contribution in [1.82, 2.24) is 29.5 Å². The van der Waals surface area contributed by atoms with E-state index in [4.69, 9.17) is 4.74 Å². The van der Waals surface area contributed by atoms with Crippen molar-refractivity contribution in [1.29, 1.82) is 0 Å². The van der Waals surface area contributed by atoms with Crippen LogP contribution in [0, 0.1) is 5.92 Å². The van der Waals surface area contributed by atoms with Crippen LogP contribution in [0.5, 0.6) is 0 Å². The number of hydrogen-bond donors (Lipinski definition) is 1. The average Bonchev–Trinajstić information content (AvgIpc) is 3.28. The van der Waals surface area contributed by atoms with E-state index in [0.29, 0.717) is 23.9 Å². The van der Waals surface area contributed by atoms with Crippen LogP contribution in [0.1, 0.15) is 37.9 Å². The fourth-order valence-electron chi connectivity index (χ4n) is 4.59. The number of aromatic nitrogens is 5. The van der Waals surface area contributed by atoms with Crippen molar-refractivity contribution in [2.24, 2.45) is 5.92 Å². The molecule has 7 nitrogen and oxygen atoms in total. The maximum absolute atomic E-state index is 5.39. The highest BCUT2D eigenvalue weighted by Gasteiger charge is 2.41. The van der Waals surface area contributed by atoms with Gasteiger partial charge in [-0.15, -0.1) is 10.2 Å². The van der Waals surface area contributed by atoms with Crippen LogP contribution in [-0.4, -0.2) is 61.8 Å². The maximum atomic E-state index is 5.39. The number of hydrogen-bond acceptors (Lipinski definition) is 5. The molecule has 132 valence electrons. The number of fused-ring (bicyclic) bond motifs is 3. The van der Waals surface area contributed by atoms with E-state index < -0.39 is 0 Å². The molecule has 1 aliphatic heterocycles. The first-order valence-electron chi connectivity index (χ1n) is 9.23. The predicted octanol–water partition coefficient (Wildman–Crippen LogP) is 2.21. The van der Waals surface area contributed by atoms with Gasteiger partial charge in [0.25, 0.3) is 0 Å². The van der Waals surface area contributed by atoms with E-state index in [1.165, 1.54) is 12.8 Å². The molecule has 0 aromatic carbocycles. The minimum Gasteiger partial charge on any atom is -0.378 e. The van der Waals surface area contributed by atoms with Crippen LogP contribution in [0.15, 0.2) is 18.5 Å². The standard InChI is InChI=1S/C18H24N6O/c1-3-11-6-12(23(2)13-9-25-10-13)7-14(11)18-22-21-16-8-20-17-15(24(16)18)4-5-19-17/h4-5,8,11-14,19H,3,6-7,9-10H2,1-2H3/t11-,12+,14+/m1/s1. The molecule has 7 heteroatoms. The lowest BCUT2D eigenvalue weighted by Crippen LogP contribution is -2.50. The fraction of sp³-hybridized carbons (Fsp3) is 0.611. The Morgan fingerprint density at radius 3 is 2.92 bits per heavy atom. The zero-order chi connectivity index (χ0) is 17.0. The number of likely N-dealkylation sites (N-methyl/N-ethyl adjacent to an activating group) is 1. The van der Waals surface area contributed by atoms with Crippen LogP contribution in [0.2, 0.25) is 0 Å². The first kappa shape index (κ1) is 15.3. The van der Waals surface area contributed by atoms with Gasteiger partial charge in [0.15, 0.2) is 11.3 Å². The van der Waals surface area contributed by atoms with Gasteiger partial charge in [0.2, 0.25) is 0 Å². The number of rotatable bonds is 4. The Hall–Kier alpha value is -1.99. The Morgan fingerprint density at radius 2 is 2.16 bits per heavy atom. The van der Waals surface area contributed by atoms with E-state index in [0.717, 1.165) is 42.3 Å².